The first-order chi connectivity index (χ1) is 9.75. The van der Waals surface area contributed by atoms with Gasteiger partial charge < -0.3 is 9.73 Å². The van der Waals surface area contributed by atoms with Crippen molar-refractivity contribution >= 4 is 11.6 Å². The molecular weight excluding hydrogens is 258 g/mol. The maximum absolute atomic E-state index is 12.3. The maximum atomic E-state index is 12.3. The van der Waals surface area contributed by atoms with E-state index in [4.69, 9.17) is 4.42 Å². The number of furan rings is 1. The number of Topliss-reactive ketones (excluding diaryl/α,β-unsaturated/α-hetero) is 1. The van der Waals surface area contributed by atoms with E-state index in [1.54, 1.807) is 18.4 Å². The lowest BCUT2D eigenvalue weighted by molar-refractivity contribution is -0.116. The summed E-state index contributed by atoms with van der Waals surface area (Å²) >= 11 is 0. The van der Waals surface area contributed by atoms with Crippen LogP contribution < -0.4 is 10.9 Å². The Kier molecular flexibility index (Phi) is 2.26. The Morgan fingerprint density at radius 2 is 2.10 bits per heavy atom. The van der Waals surface area contributed by atoms with E-state index in [0.29, 0.717) is 29.1 Å². The van der Waals surface area contributed by atoms with Crippen molar-refractivity contribution in [2.75, 3.05) is 5.32 Å². The number of carbonyl (C=O) groups excluding carboxylic acids is 1. The molecule has 2 aromatic heterocycles. The predicted molar refractivity (Wildman–Crippen MR) is 71.5 cm³/mol. The highest BCUT2D eigenvalue weighted by atomic mass is 16.3. The normalized spacial score (nSPS) is 21.4. The number of hydrogen-bond donors (Lipinski definition) is 3. The Morgan fingerprint density at radius 1 is 1.20 bits per heavy atom. The van der Waals surface area contributed by atoms with Crippen molar-refractivity contribution in [2.45, 2.75) is 25.2 Å². The molecule has 0 saturated heterocycles. The molecule has 1 aliphatic carbocycles. The van der Waals surface area contributed by atoms with Crippen molar-refractivity contribution in [1.82, 2.24) is 10.2 Å². The minimum Gasteiger partial charge on any atom is -0.468 e. The summed E-state index contributed by atoms with van der Waals surface area (Å²) in [5, 5.41) is 8.58. The average molecular weight is 271 g/mol. The van der Waals surface area contributed by atoms with Crippen molar-refractivity contribution < 1.29 is 9.21 Å². The second-order valence-electron chi connectivity index (χ2n) is 5.11. The first kappa shape index (κ1) is 11.3. The van der Waals surface area contributed by atoms with Gasteiger partial charge in [-0.1, -0.05) is 0 Å². The van der Waals surface area contributed by atoms with Gasteiger partial charge in [0.15, 0.2) is 5.78 Å². The number of rotatable bonds is 1. The molecule has 0 radical (unpaired) electrons. The van der Waals surface area contributed by atoms with Gasteiger partial charge in [0.05, 0.1) is 17.7 Å². The number of nitrogens with one attached hydrogen (secondary N) is 3. The summed E-state index contributed by atoms with van der Waals surface area (Å²) in [6.07, 6.45) is 3.73. The number of aromatic nitrogens is 2. The van der Waals surface area contributed by atoms with Crippen LogP contribution in [-0.4, -0.2) is 16.0 Å². The molecule has 0 unspecified atom stereocenters. The van der Waals surface area contributed by atoms with Crippen LogP contribution in [0.4, 0.5) is 5.82 Å². The second kappa shape index (κ2) is 4.00. The molecule has 0 spiro atoms. The minimum atomic E-state index is -0.418. The standard InChI is InChI=1S/C14H13N3O3/c18-8-4-1-3-7-10(8)11(9-5-2-6-20-9)12-13(15-7)16-17-14(12)19/h2,5-6,11H,1,3-4H2,(H3,15,16,17,19)/t11-/m1/s1. The molecule has 3 heterocycles. The van der Waals surface area contributed by atoms with Gasteiger partial charge in [-0.2, -0.15) is 0 Å². The molecule has 3 N–H and O–H groups in total. The fourth-order valence-electron chi connectivity index (χ4n) is 3.11. The zero-order valence-corrected chi connectivity index (χ0v) is 10.7. The molecule has 0 aromatic carbocycles. The SMILES string of the molecule is O=C1CCCC2=C1[C@@H](c1ccco1)c1c([nH][nH]c1=O)N2. The first-order valence-electron chi connectivity index (χ1n) is 6.63. The van der Waals surface area contributed by atoms with Crippen LogP contribution in [0.3, 0.4) is 0 Å². The van der Waals surface area contributed by atoms with Crippen LogP contribution in [0.15, 0.2) is 38.9 Å². The predicted octanol–water partition coefficient (Wildman–Crippen LogP) is 1.86. The third kappa shape index (κ3) is 1.44. The fourth-order valence-corrected chi connectivity index (χ4v) is 3.11. The number of H-pyrrole nitrogens is 2. The van der Waals surface area contributed by atoms with Gasteiger partial charge in [0, 0.05) is 17.7 Å². The van der Waals surface area contributed by atoms with Crippen molar-refractivity contribution in [3.8, 4) is 0 Å². The number of hydrogen-bond acceptors (Lipinski definition) is 4. The van der Waals surface area contributed by atoms with E-state index in [-0.39, 0.29) is 11.3 Å². The number of allylic oxidation sites excluding steroid dienone is 2. The van der Waals surface area contributed by atoms with Crippen LogP contribution in [0.2, 0.25) is 0 Å². The van der Waals surface area contributed by atoms with Gasteiger partial charge in [-0.25, -0.2) is 0 Å². The summed E-state index contributed by atoms with van der Waals surface area (Å²) < 4.78 is 5.47. The van der Waals surface area contributed by atoms with Crippen molar-refractivity contribution in [1.29, 1.82) is 0 Å². The summed E-state index contributed by atoms with van der Waals surface area (Å²) in [6.45, 7) is 0. The maximum Gasteiger partial charge on any atom is 0.270 e. The molecule has 6 heteroatoms. The van der Waals surface area contributed by atoms with E-state index in [1.165, 1.54) is 0 Å². The highest BCUT2D eigenvalue weighted by molar-refractivity contribution is 6.00. The van der Waals surface area contributed by atoms with E-state index < -0.39 is 5.92 Å². The van der Waals surface area contributed by atoms with Gasteiger partial charge in [0.25, 0.3) is 5.56 Å². The van der Waals surface area contributed by atoms with E-state index in [0.717, 1.165) is 18.5 Å². The van der Waals surface area contributed by atoms with Crippen LogP contribution in [-0.2, 0) is 4.79 Å². The quantitative estimate of drug-likeness (QED) is 0.738. The lowest BCUT2D eigenvalue weighted by Crippen LogP contribution is -2.28. The van der Waals surface area contributed by atoms with Crippen molar-refractivity contribution in [3.63, 3.8) is 0 Å². The summed E-state index contributed by atoms with van der Waals surface area (Å²) in [7, 11) is 0. The topological polar surface area (TPSA) is 90.9 Å². The molecule has 1 aliphatic heterocycles. The van der Waals surface area contributed by atoms with Gasteiger partial charge in [-0.3, -0.25) is 19.8 Å². The lowest BCUT2D eigenvalue weighted by Gasteiger charge is -2.29. The smallest absolute Gasteiger partial charge is 0.270 e. The molecule has 20 heavy (non-hydrogen) atoms. The fraction of sp³-hybridized carbons (Fsp3) is 0.286. The molecule has 0 amide bonds. The van der Waals surface area contributed by atoms with Gasteiger partial charge in [-0.05, 0) is 25.0 Å². The Balaban J connectivity index is 1.99. The number of anilines is 1. The van der Waals surface area contributed by atoms with Crippen LogP contribution in [0.1, 0.15) is 36.5 Å². The molecule has 0 fully saturated rings. The van der Waals surface area contributed by atoms with Gasteiger partial charge in [0.2, 0.25) is 0 Å². The average Bonchev–Trinajstić information content (AvgIpc) is 3.08. The van der Waals surface area contributed by atoms with Gasteiger partial charge in [0.1, 0.15) is 11.6 Å². The minimum absolute atomic E-state index is 0.0893. The van der Waals surface area contributed by atoms with E-state index in [9.17, 15) is 9.59 Å². The van der Waals surface area contributed by atoms with Crippen LogP contribution in [0.5, 0.6) is 0 Å². The first-order valence-corrected chi connectivity index (χ1v) is 6.63. The zero-order chi connectivity index (χ0) is 13.7. The largest absolute Gasteiger partial charge is 0.468 e. The number of fused-ring (bicyclic) bond motifs is 1. The number of ketones is 1. The third-order valence-electron chi connectivity index (χ3n) is 3.95. The van der Waals surface area contributed by atoms with E-state index in [1.807, 2.05) is 0 Å². The molecule has 0 bridgehead atoms. The van der Waals surface area contributed by atoms with Crippen LogP contribution in [0, 0.1) is 0 Å². The highest BCUT2D eigenvalue weighted by Crippen LogP contribution is 2.43. The molecular formula is C14H13N3O3. The van der Waals surface area contributed by atoms with E-state index >= 15 is 0 Å². The van der Waals surface area contributed by atoms with Crippen molar-refractivity contribution in [3.05, 3.63) is 51.3 Å². The summed E-state index contributed by atoms with van der Waals surface area (Å²) in [4.78, 5) is 24.4. The monoisotopic (exact) mass is 271 g/mol. The number of carbonyl (C=O) groups is 1. The molecule has 102 valence electrons. The lowest BCUT2D eigenvalue weighted by atomic mass is 9.79. The summed E-state index contributed by atoms with van der Waals surface area (Å²) in [6, 6.07) is 3.57. The molecule has 1 atom stereocenters. The molecule has 6 nitrogen and oxygen atoms in total. The zero-order valence-electron chi connectivity index (χ0n) is 10.7. The highest BCUT2D eigenvalue weighted by Gasteiger charge is 2.38. The molecule has 0 saturated carbocycles. The Labute approximate surface area is 113 Å². The molecule has 2 aromatic rings. The summed E-state index contributed by atoms with van der Waals surface area (Å²) in [5.74, 6) is 0.927. The van der Waals surface area contributed by atoms with Gasteiger partial charge in [-0.15, -0.1) is 0 Å². The van der Waals surface area contributed by atoms with Gasteiger partial charge >= 0.3 is 0 Å². The second-order valence-corrected chi connectivity index (χ2v) is 5.11. The van der Waals surface area contributed by atoms with Crippen molar-refractivity contribution in [2.24, 2.45) is 0 Å². The van der Waals surface area contributed by atoms with Crippen LogP contribution >= 0.6 is 0 Å². The Hall–Kier alpha value is -2.50. The Bertz CT molecular complexity index is 764. The molecule has 4 rings (SSSR count). The molecule has 2 aliphatic rings. The van der Waals surface area contributed by atoms with Crippen LogP contribution in [0.25, 0.3) is 0 Å². The summed E-state index contributed by atoms with van der Waals surface area (Å²) in [5.41, 5.74) is 1.86. The van der Waals surface area contributed by atoms with E-state index in [2.05, 4.69) is 15.5 Å². The Morgan fingerprint density at radius 3 is 2.90 bits per heavy atom. The third-order valence-corrected chi connectivity index (χ3v) is 3.95. The number of aromatic amines is 2.